The highest BCUT2D eigenvalue weighted by molar-refractivity contribution is 5.93. The fourth-order valence-corrected chi connectivity index (χ4v) is 4.05. The number of carbonyl (C=O) groups is 3. The minimum Gasteiger partial charge on any atom is -0.490 e. The van der Waals surface area contributed by atoms with Crippen LogP contribution in [0, 0.1) is 0 Å². The molecule has 0 radical (unpaired) electrons. The molecular formula is C26H32N2O7. The van der Waals surface area contributed by atoms with Crippen LogP contribution in [0.5, 0.6) is 11.5 Å². The maximum Gasteiger partial charge on any atom is 0.338 e. The quantitative estimate of drug-likeness (QED) is 0.528. The topological polar surface area (TPSA) is 103 Å². The molecule has 1 atom stereocenters. The van der Waals surface area contributed by atoms with Gasteiger partial charge in [-0.25, -0.2) is 9.59 Å². The van der Waals surface area contributed by atoms with Gasteiger partial charge in [-0.15, -0.1) is 0 Å². The summed E-state index contributed by atoms with van der Waals surface area (Å²) in [7, 11) is 1.32. The first-order valence-corrected chi connectivity index (χ1v) is 11.8. The highest BCUT2D eigenvalue weighted by atomic mass is 16.5. The number of benzene rings is 2. The van der Waals surface area contributed by atoms with E-state index in [0.29, 0.717) is 48.9 Å². The highest BCUT2D eigenvalue weighted by Gasteiger charge is 2.34. The van der Waals surface area contributed by atoms with Crippen molar-refractivity contribution >= 4 is 23.7 Å². The Balaban J connectivity index is 1.87. The molecule has 1 aliphatic rings. The summed E-state index contributed by atoms with van der Waals surface area (Å²) in [4.78, 5) is 39.0. The van der Waals surface area contributed by atoms with Crippen LogP contribution < -0.4 is 14.8 Å². The third kappa shape index (κ3) is 6.23. The molecule has 0 saturated carbocycles. The highest BCUT2D eigenvalue weighted by Crippen LogP contribution is 2.40. The molecule has 2 aromatic carbocycles. The minimum atomic E-state index is -0.542. The van der Waals surface area contributed by atoms with E-state index in [1.165, 1.54) is 7.11 Å². The number of rotatable bonds is 9. The van der Waals surface area contributed by atoms with Gasteiger partial charge in [0, 0.05) is 12.2 Å². The van der Waals surface area contributed by atoms with Gasteiger partial charge in [0.05, 0.1) is 45.0 Å². The van der Waals surface area contributed by atoms with Gasteiger partial charge in [0.25, 0.3) is 0 Å². The molecule has 1 N–H and O–H groups in total. The van der Waals surface area contributed by atoms with Crippen molar-refractivity contribution in [3.63, 3.8) is 0 Å². The predicted octanol–water partition coefficient (Wildman–Crippen LogP) is 4.36. The average Bonchev–Trinajstić information content (AvgIpc) is 2.85. The molecule has 3 rings (SSSR count). The van der Waals surface area contributed by atoms with Crippen LogP contribution >= 0.6 is 0 Å². The van der Waals surface area contributed by atoms with Crippen molar-refractivity contribution in [3.05, 3.63) is 53.1 Å². The molecule has 0 aliphatic carbocycles. The maximum absolute atomic E-state index is 13.3. The van der Waals surface area contributed by atoms with Gasteiger partial charge in [-0.1, -0.05) is 0 Å². The van der Waals surface area contributed by atoms with Gasteiger partial charge in [0.1, 0.15) is 0 Å². The van der Waals surface area contributed by atoms with E-state index in [4.69, 9.17) is 18.9 Å². The number of anilines is 1. The second-order valence-electron chi connectivity index (χ2n) is 7.83. The Hall–Kier alpha value is -3.75. The lowest BCUT2D eigenvalue weighted by Crippen LogP contribution is -2.43. The Labute approximate surface area is 205 Å². The van der Waals surface area contributed by atoms with Crippen LogP contribution in [-0.2, 0) is 20.7 Å². The molecule has 0 fully saturated rings. The van der Waals surface area contributed by atoms with Gasteiger partial charge >= 0.3 is 18.0 Å². The van der Waals surface area contributed by atoms with Crippen molar-refractivity contribution in [1.29, 1.82) is 0 Å². The molecule has 0 aromatic heterocycles. The zero-order valence-corrected chi connectivity index (χ0v) is 20.6. The molecule has 35 heavy (non-hydrogen) atoms. The molecule has 2 aromatic rings. The van der Waals surface area contributed by atoms with Crippen LogP contribution in [0.15, 0.2) is 36.4 Å². The molecule has 1 heterocycles. The number of amides is 2. The first kappa shape index (κ1) is 25.9. The summed E-state index contributed by atoms with van der Waals surface area (Å²) in [6.07, 6.45) is 0.590. The molecular weight excluding hydrogens is 452 g/mol. The van der Waals surface area contributed by atoms with Gasteiger partial charge < -0.3 is 29.2 Å². The van der Waals surface area contributed by atoms with Gasteiger partial charge in [-0.3, -0.25) is 4.79 Å². The fourth-order valence-electron chi connectivity index (χ4n) is 4.05. The number of hydrogen-bond acceptors (Lipinski definition) is 7. The normalized spacial score (nSPS) is 14.5. The first-order valence-electron chi connectivity index (χ1n) is 11.8. The lowest BCUT2D eigenvalue weighted by molar-refractivity contribution is -0.141. The molecule has 2 amide bonds. The van der Waals surface area contributed by atoms with Crippen molar-refractivity contribution in [3.8, 4) is 11.5 Å². The second kappa shape index (κ2) is 12.1. The van der Waals surface area contributed by atoms with Gasteiger partial charge in [0.15, 0.2) is 11.5 Å². The Morgan fingerprint density at radius 1 is 0.971 bits per heavy atom. The van der Waals surface area contributed by atoms with Crippen LogP contribution in [0.4, 0.5) is 10.5 Å². The standard InChI is InChI=1S/C26H32N2O7/c1-5-33-22-14-18-12-13-28(21(16-24(29)32-4)20(18)15-23(22)34-6-2)26(31)27-19-10-8-17(9-11-19)25(30)35-7-3/h8-11,14-15,21H,5-7,12-13,16H2,1-4H3,(H,27,31)/t21-/m0/s1. The predicted molar refractivity (Wildman–Crippen MR) is 130 cm³/mol. The van der Waals surface area contributed by atoms with E-state index in [1.54, 1.807) is 36.1 Å². The molecule has 9 nitrogen and oxygen atoms in total. The molecule has 9 heteroatoms. The lowest BCUT2D eigenvalue weighted by Gasteiger charge is -2.37. The summed E-state index contributed by atoms with van der Waals surface area (Å²) in [6, 6.07) is 9.34. The summed E-state index contributed by atoms with van der Waals surface area (Å²) in [6.45, 7) is 7.16. The van der Waals surface area contributed by atoms with Crippen molar-refractivity contribution in [2.24, 2.45) is 0 Å². The molecule has 0 unspecified atom stereocenters. The SMILES string of the molecule is CCOC(=O)c1ccc(NC(=O)N2CCc3cc(OCC)c(OCC)cc3[C@@H]2CC(=O)OC)cc1. The Bertz CT molecular complexity index is 1050. The monoisotopic (exact) mass is 484 g/mol. The van der Waals surface area contributed by atoms with Crippen molar-refractivity contribution in [2.75, 3.05) is 38.8 Å². The fraction of sp³-hybridized carbons (Fsp3) is 0.423. The first-order chi connectivity index (χ1) is 16.9. The average molecular weight is 485 g/mol. The van der Waals surface area contributed by atoms with Crippen molar-refractivity contribution in [2.45, 2.75) is 39.7 Å². The zero-order valence-electron chi connectivity index (χ0n) is 20.6. The molecule has 0 saturated heterocycles. The van der Waals surface area contributed by atoms with Crippen LogP contribution in [0.25, 0.3) is 0 Å². The van der Waals surface area contributed by atoms with E-state index >= 15 is 0 Å². The number of esters is 2. The number of nitrogens with one attached hydrogen (secondary N) is 1. The third-order valence-corrected chi connectivity index (χ3v) is 5.66. The molecule has 1 aliphatic heterocycles. The second-order valence-corrected chi connectivity index (χ2v) is 7.83. The number of urea groups is 1. The molecule has 188 valence electrons. The Kier molecular flexibility index (Phi) is 8.94. The number of nitrogens with zero attached hydrogens (tertiary/aromatic N) is 1. The lowest BCUT2D eigenvalue weighted by atomic mass is 9.90. The van der Waals surface area contributed by atoms with E-state index in [1.807, 2.05) is 26.0 Å². The summed E-state index contributed by atoms with van der Waals surface area (Å²) in [5.41, 5.74) is 2.73. The zero-order chi connectivity index (χ0) is 25.4. The number of methoxy groups -OCH3 is 1. The minimum absolute atomic E-state index is 0.00172. The van der Waals surface area contributed by atoms with E-state index in [2.05, 4.69) is 5.32 Å². The van der Waals surface area contributed by atoms with E-state index in [-0.39, 0.29) is 19.1 Å². The number of carbonyl (C=O) groups excluding carboxylic acids is 3. The number of fused-ring (bicyclic) bond motifs is 1. The largest absolute Gasteiger partial charge is 0.490 e. The molecule has 0 bridgehead atoms. The van der Waals surface area contributed by atoms with Crippen molar-refractivity contribution < 1.29 is 33.3 Å². The summed E-state index contributed by atoms with van der Waals surface area (Å²) in [5.74, 6) is 0.364. The number of hydrogen-bond donors (Lipinski definition) is 1. The van der Waals surface area contributed by atoms with E-state index < -0.39 is 18.0 Å². The summed E-state index contributed by atoms with van der Waals surface area (Å²) >= 11 is 0. The smallest absolute Gasteiger partial charge is 0.338 e. The van der Waals surface area contributed by atoms with Gasteiger partial charge in [-0.05, 0) is 74.7 Å². The van der Waals surface area contributed by atoms with Crippen LogP contribution in [-0.4, -0.2) is 56.3 Å². The van der Waals surface area contributed by atoms with Gasteiger partial charge in [-0.2, -0.15) is 0 Å². The van der Waals surface area contributed by atoms with Gasteiger partial charge in [0.2, 0.25) is 0 Å². The van der Waals surface area contributed by atoms with Crippen molar-refractivity contribution in [1.82, 2.24) is 4.90 Å². The molecule has 0 spiro atoms. The maximum atomic E-state index is 13.3. The Morgan fingerprint density at radius 2 is 1.63 bits per heavy atom. The summed E-state index contributed by atoms with van der Waals surface area (Å²) in [5, 5.41) is 2.86. The Morgan fingerprint density at radius 3 is 2.23 bits per heavy atom. The van der Waals surface area contributed by atoms with E-state index in [9.17, 15) is 14.4 Å². The number of ether oxygens (including phenoxy) is 4. The van der Waals surface area contributed by atoms with Crippen LogP contribution in [0.1, 0.15) is 54.7 Å². The summed E-state index contributed by atoms with van der Waals surface area (Å²) < 4.78 is 21.4. The van der Waals surface area contributed by atoms with E-state index in [0.717, 1.165) is 11.1 Å². The van der Waals surface area contributed by atoms with Crippen LogP contribution in [0.3, 0.4) is 0 Å². The van der Waals surface area contributed by atoms with Crippen LogP contribution in [0.2, 0.25) is 0 Å². The third-order valence-electron chi connectivity index (χ3n) is 5.66.